The minimum atomic E-state index is -0.585. The molecule has 6 rings (SSSR count). The molecule has 0 saturated carbocycles. The van der Waals surface area contributed by atoms with Crippen molar-refractivity contribution >= 4 is 29.1 Å². The van der Waals surface area contributed by atoms with Crippen molar-refractivity contribution in [2.75, 3.05) is 23.7 Å². The Kier molecular flexibility index (Phi) is 5.68. The van der Waals surface area contributed by atoms with Crippen molar-refractivity contribution < 1.29 is 19.1 Å². The normalized spacial score (nSPS) is 20.8. The minimum Gasteiger partial charge on any atom is -0.480 e. The molecule has 2 unspecified atom stereocenters. The van der Waals surface area contributed by atoms with Gasteiger partial charge < -0.3 is 20.3 Å². The van der Waals surface area contributed by atoms with Gasteiger partial charge in [0, 0.05) is 36.4 Å². The lowest BCUT2D eigenvalue weighted by molar-refractivity contribution is -0.122. The molecule has 0 spiro atoms. The first-order chi connectivity index (χ1) is 17.6. The molecule has 7 heteroatoms. The summed E-state index contributed by atoms with van der Waals surface area (Å²) in [6.45, 7) is 1.19. The molecule has 0 aromatic heterocycles. The molecule has 0 radical (unpaired) electrons. The van der Waals surface area contributed by atoms with Gasteiger partial charge in [-0.15, -0.1) is 0 Å². The Morgan fingerprint density at radius 3 is 2.56 bits per heavy atom. The van der Waals surface area contributed by atoms with Crippen molar-refractivity contribution in [1.82, 2.24) is 4.90 Å². The lowest BCUT2D eigenvalue weighted by atomic mass is 9.80. The van der Waals surface area contributed by atoms with Gasteiger partial charge in [-0.2, -0.15) is 0 Å². The number of likely N-dealkylation sites (tertiary alicyclic amines) is 1. The molecule has 1 saturated heterocycles. The molecule has 0 aliphatic carbocycles. The average molecular weight is 482 g/mol. The number of hydrogen-bond acceptors (Lipinski definition) is 4. The molecule has 1 fully saturated rings. The van der Waals surface area contributed by atoms with Crippen LogP contribution in [0.3, 0.4) is 0 Å². The number of nitrogens with one attached hydrogen (secondary N) is 2. The van der Waals surface area contributed by atoms with Gasteiger partial charge in [0.15, 0.2) is 6.10 Å². The summed E-state index contributed by atoms with van der Waals surface area (Å²) < 4.78 is 5.78. The maximum absolute atomic E-state index is 13.2. The largest absolute Gasteiger partial charge is 0.480 e. The zero-order chi connectivity index (χ0) is 24.6. The molecule has 3 aliphatic heterocycles. The quantitative estimate of drug-likeness (QED) is 0.584. The highest BCUT2D eigenvalue weighted by atomic mass is 16.5. The van der Waals surface area contributed by atoms with Crippen LogP contribution in [0.25, 0.3) is 0 Å². The third kappa shape index (κ3) is 4.11. The highest BCUT2D eigenvalue weighted by Crippen LogP contribution is 2.41. The third-order valence-corrected chi connectivity index (χ3v) is 7.45. The second-order valence-electron chi connectivity index (χ2n) is 9.67. The second kappa shape index (κ2) is 9.15. The molecular formula is C29H27N3O4. The van der Waals surface area contributed by atoms with Crippen molar-refractivity contribution in [2.24, 2.45) is 5.92 Å². The van der Waals surface area contributed by atoms with Gasteiger partial charge in [-0.1, -0.05) is 42.5 Å². The van der Waals surface area contributed by atoms with Crippen molar-refractivity contribution in [3.05, 3.63) is 89.5 Å². The predicted molar refractivity (Wildman–Crippen MR) is 136 cm³/mol. The maximum Gasteiger partial charge on any atom is 0.265 e. The van der Waals surface area contributed by atoms with E-state index >= 15 is 0 Å². The third-order valence-electron chi connectivity index (χ3n) is 7.45. The van der Waals surface area contributed by atoms with Gasteiger partial charge >= 0.3 is 0 Å². The number of ether oxygens (including phenoxy) is 1. The van der Waals surface area contributed by atoms with E-state index in [-0.39, 0.29) is 29.6 Å². The van der Waals surface area contributed by atoms with Crippen LogP contribution in [0.5, 0.6) is 5.75 Å². The fraction of sp³-hybridized carbons (Fsp3) is 0.276. The van der Waals surface area contributed by atoms with E-state index in [0.717, 1.165) is 35.4 Å². The molecule has 3 heterocycles. The number of anilines is 2. The number of carbonyl (C=O) groups is 3. The Morgan fingerprint density at radius 2 is 1.72 bits per heavy atom. The molecule has 2 N–H and O–H groups in total. The Bertz CT molecular complexity index is 1320. The van der Waals surface area contributed by atoms with Gasteiger partial charge in [0.1, 0.15) is 5.75 Å². The predicted octanol–water partition coefficient (Wildman–Crippen LogP) is 4.22. The van der Waals surface area contributed by atoms with Gasteiger partial charge in [-0.25, -0.2) is 0 Å². The fourth-order valence-electron chi connectivity index (χ4n) is 5.60. The first kappa shape index (κ1) is 22.3. The van der Waals surface area contributed by atoms with Gasteiger partial charge in [0.2, 0.25) is 5.91 Å². The highest BCUT2D eigenvalue weighted by Gasteiger charge is 2.38. The zero-order valence-electron chi connectivity index (χ0n) is 19.8. The molecule has 3 aromatic rings. The molecule has 2 atom stereocenters. The summed E-state index contributed by atoms with van der Waals surface area (Å²) >= 11 is 0. The number of benzene rings is 3. The van der Waals surface area contributed by atoms with Crippen molar-refractivity contribution in [2.45, 2.75) is 31.3 Å². The number of rotatable bonds is 4. The lowest BCUT2D eigenvalue weighted by Gasteiger charge is -2.34. The van der Waals surface area contributed by atoms with E-state index in [2.05, 4.69) is 10.6 Å². The summed E-state index contributed by atoms with van der Waals surface area (Å²) in [7, 11) is 0. The van der Waals surface area contributed by atoms with E-state index in [0.29, 0.717) is 30.8 Å². The summed E-state index contributed by atoms with van der Waals surface area (Å²) in [4.78, 5) is 40.5. The number of hydrogen-bond donors (Lipinski definition) is 2. The van der Waals surface area contributed by atoms with Crippen LogP contribution >= 0.6 is 0 Å². The highest BCUT2D eigenvalue weighted by molar-refractivity contribution is 6.03. The number of nitrogens with zero attached hydrogens (tertiary/aromatic N) is 1. The van der Waals surface area contributed by atoms with Crippen LogP contribution in [-0.4, -0.2) is 41.8 Å². The van der Waals surface area contributed by atoms with Crippen LogP contribution in [0.15, 0.2) is 72.8 Å². The Morgan fingerprint density at radius 1 is 0.944 bits per heavy atom. The van der Waals surface area contributed by atoms with E-state index < -0.39 is 6.10 Å². The molecule has 7 nitrogen and oxygen atoms in total. The van der Waals surface area contributed by atoms with Crippen molar-refractivity contribution in [3.8, 4) is 5.75 Å². The van der Waals surface area contributed by atoms with Crippen LogP contribution in [-0.2, 0) is 16.0 Å². The molecule has 182 valence electrons. The molecular weight excluding hydrogens is 454 g/mol. The molecule has 36 heavy (non-hydrogen) atoms. The zero-order valence-corrected chi connectivity index (χ0v) is 19.8. The standard InChI is InChI=1S/C29H27N3O4/c33-27(25-17-19-6-1-4-11-24(19)36-25)30-21-8-5-7-20(16-21)29(35)32-14-12-18(13-15-32)26-22-9-2-3-10-23(22)31-28(26)34/h1-11,16,18,25-26H,12-15,17H2,(H,30,33)(H,31,34). The van der Waals surface area contributed by atoms with E-state index in [1.165, 1.54) is 0 Å². The summed E-state index contributed by atoms with van der Waals surface area (Å²) in [6, 6.07) is 22.5. The second-order valence-corrected chi connectivity index (χ2v) is 9.67. The van der Waals surface area contributed by atoms with Crippen molar-refractivity contribution in [1.29, 1.82) is 0 Å². The summed E-state index contributed by atoms with van der Waals surface area (Å²) in [5, 5.41) is 5.89. The summed E-state index contributed by atoms with van der Waals surface area (Å²) in [5.74, 6) is 0.555. The first-order valence-corrected chi connectivity index (χ1v) is 12.4. The lowest BCUT2D eigenvalue weighted by Crippen LogP contribution is -2.40. The number of fused-ring (bicyclic) bond motifs is 2. The average Bonchev–Trinajstić information content (AvgIpc) is 3.49. The fourth-order valence-corrected chi connectivity index (χ4v) is 5.60. The van der Waals surface area contributed by atoms with Gasteiger partial charge in [-0.3, -0.25) is 14.4 Å². The van der Waals surface area contributed by atoms with Gasteiger partial charge in [-0.05, 0) is 60.2 Å². The van der Waals surface area contributed by atoms with Crippen LogP contribution in [0.2, 0.25) is 0 Å². The Labute approximate surface area is 209 Å². The molecule has 3 aromatic carbocycles. The van der Waals surface area contributed by atoms with E-state index in [1.54, 1.807) is 24.3 Å². The summed E-state index contributed by atoms with van der Waals surface area (Å²) in [6.07, 6.45) is 1.49. The SMILES string of the molecule is O=C(Nc1cccc(C(=O)N2CCC(C3C(=O)Nc4ccccc43)CC2)c1)C1Cc2ccccc2O1. The summed E-state index contributed by atoms with van der Waals surface area (Å²) in [5.41, 5.74) is 4.08. The smallest absolute Gasteiger partial charge is 0.265 e. The van der Waals surface area contributed by atoms with Gasteiger partial charge in [0.05, 0.1) is 5.92 Å². The first-order valence-electron chi connectivity index (χ1n) is 12.4. The van der Waals surface area contributed by atoms with E-state index in [9.17, 15) is 14.4 Å². The molecule has 3 aliphatic rings. The van der Waals surface area contributed by atoms with Crippen molar-refractivity contribution in [3.63, 3.8) is 0 Å². The Hall–Kier alpha value is -4.13. The minimum absolute atomic E-state index is 0.0544. The van der Waals surface area contributed by atoms with E-state index in [4.69, 9.17) is 4.74 Å². The number of para-hydroxylation sites is 2. The van der Waals surface area contributed by atoms with Crippen LogP contribution in [0.4, 0.5) is 11.4 Å². The van der Waals surface area contributed by atoms with Gasteiger partial charge in [0.25, 0.3) is 11.8 Å². The monoisotopic (exact) mass is 481 g/mol. The molecule has 3 amide bonds. The van der Waals surface area contributed by atoms with Crippen LogP contribution in [0, 0.1) is 5.92 Å². The Balaban J connectivity index is 1.08. The number of carbonyl (C=O) groups excluding carboxylic acids is 3. The van der Waals surface area contributed by atoms with E-state index in [1.807, 2.05) is 53.4 Å². The molecule has 0 bridgehead atoms. The maximum atomic E-state index is 13.2. The topological polar surface area (TPSA) is 87.7 Å². The van der Waals surface area contributed by atoms with Crippen LogP contribution < -0.4 is 15.4 Å². The number of amides is 3. The van der Waals surface area contributed by atoms with Crippen LogP contribution in [0.1, 0.15) is 40.2 Å². The number of piperidine rings is 1.